The summed E-state index contributed by atoms with van der Waals surface area (Å²) in [6, 6.07) is 15.7. The lowest BCUT2D eigenvalue weighted by molar-refractivity contribution is -0.130. The molecule has 2 aromatic rings. The smallest absolute Gasteiger partial charge is 0.230 e. The summed E-state index contributed by atoms with van der Waals surface area (Å²) >= 11 is 6.17. The van der Waals surface area contributed by atoms with Crippen molar-refractivity contribution in [3.63, 3.8) is 0 Å². The molecule has 1 N–H and O–H groups in total. The molecule has 0 radical (unpaired) electrons. The number of carbonyl (C=O) groups is 1. The molecule has 0 spiro atoms. The first-order valence-corrected chi connectivity index (χ1v) is 9.69. The fraction of sp³-hybridized carbons (Fsp3) is 0.409. The van der Waals surface area contributed by atoms with Gasteiger partial charge in [-0.3, -0.25) is 4.79 Å². The number of ether oxygens (including phenoxy) is 1. The molecule has 1 aliphatic rings. The minimum absolute atomic E-state index is 0.0292. The van der Waals surface area contributed by atoms with E-state index in [1.165, 1.54) is 0 Å². The molecule has 1 aliphatic carbocycles. The van der Waals surface area contributed by atoms with Crippen LogP contribution < -0.4 is 10.1 Å². The molecule has 5 heteroatoms. The van der Waals surface area contributed by atoms with E-state index in [0.717, 1.165) is 36.1 Å². The van der Waals surface area contributed by atoms with E-state index in [-0.39, 0.29) is 11.9 Å². The first kappa shape index (κ1) is 19.7. The third-order valence-electron chi connectivity index (χ3n) is 5.60. The highest BCUT2D eigenvalue weighted by atomic mass is 35.5. The van der Waals surface area contributed by atoms with Crippen molar-refractivity contribution in [3.8, 4) is 5.75 Å². The average Bonchev–Trinajstić information content (AvgIpc) is 2.61. The molecule has 1 saturated carbocycles. The Hall–Kier alpha value is -2.04. The van der Waals surface area contributed by atoms with Crippen LogP contribution in [0.2, 0.25) is 5.02 Å². The van der Waals surface area contributed by atoms with Crippen molar-refractivity contribution in [2.75, 3.05) is 27.7 Å². The summed E-state index contributed by atoms with van der Waals surface area (Å²) in [7, 11) is 5.70. The Kier molecular flexibility index (Phi) is 6.08. The lowest BCUT2D eigenvalue weighted by Crippen LogP contribution is -2.50. The van der Waals surface area contributed by atoms with Crippen LogP contribution in [-0.2, 0) is 10.2 Å². The Morgan fingerprint density at radius 2 is 1.96 bits per heavy atom. The summed E-state index contributed by atoms with van der Waals surface area (Å²) in [5, 5.41) is 3.87. The van der Waals surface area contributed by atoms with Gasteiger partial charge in [0.15, 0.2) is 0 Å². The van der Waals surface area contributed by atoms with Crippen molar-refractivity contribution in [1.29, 1.82) is 0 Å². The molecule has 144 valence electrons. The van der Waals surface area contributed by atoms with Gasteiger partial charge in [-0.1, -0.05) is 48.4 Å². The molecule has 0 heterocycles. The normalized spacial score (nSPS) is 16.5. The van der Waals surface area contributed by atoms with Crippen LogP contribution in [0.15, 0.2) is 48.5 Å². The molecule has 27 heavy (non-hydrogen) atoms. The van der Waals surface area contributed by atoms with Gasteiger partial charge in [-0.15, -0.1) is 0 Å². The highest BCUT2D eigenvalue weighted by molar-refractivity contribution is 6.30. The number of carbonyl (C=O) groups excluding carboxylic acids is 1. The standard InChI is InChI=1S/C22H27ClN2O2/c1-25(2)19(18-10-4-5-11-20(18)27-3)15-24-21(26)22(12-7-13-22)16-8-6-9-17(23)14-16/h4-6,8-11,14,19H,7,12-13,15H2,1-3H3,(H,24,26). The summed E-state index contributed by atoms with van der Waals surface area (Å²) in [5.74, 6) is 0.913. The van der Waals surface area contributed by atoms with Gasteiger partial charge in [-0.2, -0.15) is 0 Å². The number of para-hydroxylation sites is 1. The maximum absolute atomic E-state index is 13.2. The van der Waals surface area contributed by atoms with E-state index in [2.05, 4.69) is 10.2 Å². The Morgan fingerprint density at radius 3 is 2.56 bits per heavy atom. The number of halogens is 1. The molecule has 1 atom stereocenters. The van der Waals surface area contributed by atoms with Crippen molar-refractivity contribution in [2.45, 2.75) is 30.7 Å². The van der Waals surface area contributed by atoms with Gasteiger partial charge in [0.05, 0.1) is 18.6 Å². The Balaban J connectivity index is 1.78. The maximum Gasteiger partial charge on any atom is 0.230 e. The van der Waals surface area contributed by atoms with Crippen molar-refractivity contribution in [3.05, 3.63) is 64.7 Å². The van der Waals surface area contributed by atoms with E-state index in [9.17, 15) is 4.79 Å². The maximum atomic E-state index is 13.2. The molecule has 0 saturated heterocycles. The first-order chi connectivity index (χ1) is 13.0. The number of hydrogen-bond acceptors (Lipinski definition) is 3. The van der Waals surface area contributed by atoms with Crippen molar-refractivity contribution in [1.82, 2.24) is 10.2 Å². The van der Waals surface area contributed by atoms with Crippen LogP contribution in [0.4, 0.5) is 0 Å². The molecular weight excluding hydrogens is 360 g/mol. The summed E-state index contributed by atoms with van der Waals surface area (Å²) < 4.78 is 5.51. The van der Waals surface area contributed by atoms with E-state index in [1.54, 1.807) is 7.11 Å². The molecule has 0 bridgehead atoms. The predicted molar refractivity (Wildman–Crippen MR) is 109 cm³/mol. The molecule has 3 rings (SSSR count). The third-order valence-corrected chi connectivity index (χ3v) is 5.83. The molecule has 0 aromatic heterocycles. The van der Waals surface area contributed by atoms with Gasteiger partial charge >= 0.3 is 0 Å². The molecule has 0 aliphatic heterocycles. The van der Waals surface area contributed by atoms with E-state index in [1.807, 2.05) is 62.6 Å². The van der Waals surface area contributed by atoms with E-state index < -0.39 is 5.41 Å². The quantitative estimate of drug-likeness (QED) is 0.775. The van der Waals surface area contributed by atoms with Gasteiger partial charge in [-0.25, -0.2) is 0 Å². The van der Waals surface area contributed by atoms with Gasteiger partial charge in [-0.05, 0) is 50.7 Å². The Morgan fingerprint density at radius 1 is 1.22 bits per heavy atom. The summed E-state index contributed by atoms with van der Waals surface area (Å²) in [6.45, 7) is 0.522. The molecular formula is C22H27ClN2O2. The highest BCUT2D eigenvalue weighted by Gasteiger charge is 2.45. The van der Waals surface area contributed by atoms with Crippen molar-refractivity contribution < 1.29 is 9.53 Å². The van der Waals surface area contributed by atoms with Crippen LogP contribution in [0, 0.1) is 0 Å². The summed E-state index contributed by atoms with van der Waals surface area (Å²) in [6.07, 6.45) is 2.78. The fourth-order valence-electron chi connectivity index (χ4n) is 3.83. The van der Waals surface area contributed by atoms with Gasteiger partial charge in [0.2, 0.25) is 5.91 Å². The van der Waals surface area contributed by atoms with Crippen LogP contribution in [0.25, 0.3) is 0 Å². The fourth-order valence-corrected chi connectivity index (χ4v) is 4.02. The zero-order valence-electron chi connectivity index (χ0n) is 16.2. The number of hydrogen-bond donors (Lipinski definition) is 1. The molecule has 4 nitrogen and oxygen atoms in total. The molecule has 1 unspecified atom stereocenters. The van der Waals surface area contributed by atoms with Crippen LogP contribution in [0.3, 0.4) is 0 Å². The second-order valence-electron chi connectivity index (χ2n) is 7.38. The van der Waals surface area contributed by atoms with Gasteiger partial charge < -0.3 is 15.0 Å². The second-order valence-corrected chi connectivity index (χ2v) is 7.81. The lowest BCUT2D eigenvalue weighted by Gasteiger charge is -2.41. The monoisotopic (exact) mass is 386 g/mol. The van der Waals surface area contributed by atoms with Crippen molar-refractivity contribution >= 4 is 17.5 Å². The summed E-state index contributed by atoms with van der Waals surface area (Å²) in [5.41, 5.74) is 1.62. The van der Waals surface area contributed by atoms with Crippen LogP contribution >= 0.6 is 11.6 Å². The highest BCUT2D eigenvalue weighted by Crippen LogP contribution is 2.44. The number of amides is 1. The van der Waals surface area contributed by atoms with Crippen LogP contribution in [0.1, 0.15) is 36.4 Å². The second kappa shape index (κ2) is 8.32. The third kappa shape index (κ3) is 3.97. The van der Waals surface area contributed by atoms with Crippen LogP contribution in [0.5, 0.6) is 5.75 Å². The SMILES string of the molecule is COc1ccccc1C(CNC(=O)C1(c2cccc(Cl)c2)CCC1)N(C)C. The van der Waals surface area contributed by atoms with E-state index in [0.29, 0.717) is 11.6 Å². The Bertz CT molecular complexity index is 802. The summed E-state index contributed by atoms with van der Waals surface area (Å²) in [4.78, 5) is 15.3. The van der Waals surface area contributed by atoms with Crippen LogP contribution in [-0.4, -0.2) is 38.6 Å². The minimum Gasteiger partial charge on any atom is -0.496 e. The molecule has 1 amide bonds. The number of likely N-dealkylation sites (N-methyl/N-ethyl adjacent to an activating group) is 1. The van der Waals surface area contributed by atoms with Gasteiger partial charge in [0.25, 0.3) is 0 Å². The molecule has 1 fully saturated rings. The number of benzene rings is 2. The Labute approximate surface area is 166 Å². The lowest BCUT2D eigenvalue weighted by atomic mass is 9.64. The van der Waals surface area contributed by atoms with Crippen molar-refractivity contribution in [2.24, 2.45) is 0 Å². The minimum atomic E-state index is -0.456. The zero-order valence-corrected chi connectivity index (χ0v) is 16.9. The topological polar surface area (TPSA) is 41.6 Å². The largest absolute Gasteiger partial charge is 0.496 e. The predicted octanol–water partition coefficient (Wildman–Crippen LogP) is 4.19. The van der Waals surface area contributed by atoms with Gasteiger partial charge in [0.1, 0.15) is 5.75 Å². The number of nitrogens with zero attached hydrogens (tertiary/aromatic N) is 1. The number of methoxy groups -OCH3 is 1. The number of nitrogens with one attached hydrogen (secondary N) is 1. The average molecular weight is 387 g/mol. The molecule has 2 aromatic carbocycles. The van der Waals surface area contributed by atoms with Gasteiger partial charge in [0, 0.05) is 17.1 Å². The van der Waals surface area contributed by atoms with E-state index >= 15 is 0 Å². The first-order valence-electron chi connectivity index (χ1n) is 9.31. The zero-order chi connectivity index (χ0) is 19.4. The number of rotatable bonds is 7. The van der Waals surface area contributed by atoms with E-state index in [4.69, 9.17) is 16.3 Å².